The van der Waals surface area contributed by atoms with Crippen molar-refractivity contribution in [1.82, 2.24) is 0 Å². The molecule has 0 saturated heterocycles. The van der Waals surface area contributed by atoms with Crippen molar-refractivity contribution in [2.75, 3.05) is 6.61 Å². The molecule has 8 heteroatoms. The summed E-state index contributed by atoms with van der Waals surface area (Å²) in [5, 5.41) is 0. The van der Waals surface area contributed by atoms with Crippen LogP contribution in [0, 0.1) is 0 Å². The summed E-state index contributed by atoms with van der Waals surface area (Å²) in [6.07, 6.45) is 2.13. The topological polar surface area (TPSA) is 61.8 Å². The minimum Gasteiger partial charge on any atom is -0.462 e. The highest BCUT2D eigenvalue weighted by molar-refractivity contribution is 6.88. The van der Waals surface area contributed by atoms with Crippen LogP contribution in [0.2, 0.25) is 50.9 Å². The Morgan fingerprint density at radius 2 is 1.42 bits per heavy atom. The predicted molar refractivity (Wildman–Crippen MR) is 142 cm³/mol. The number of carbonyl (C=O) groups is 2. The molecule has 5 nitrogen and oxygen atoms in total. The minimum atomic E-state index is -2.32. The molecule has 0 rings (SSSR count). The number of esters is 1. The molecule has 0 aromatic rings. The van der Waals surface area contributed by atoms with Gasteiger partial charge < -0.3 is 13.0 Å². The maximum atomic E-state index is 11.9. The molecule has 1 unspecified atom stereocenters. The van der Waals surface area contributed by atoms with E-state index in [2.05, 4.69) is 59.4 Å². The summed E-state index contributed by atoms with van der Waals surface area (Å²) in [5.41, 5.74) is 1.40. The van der Waals surface area contributed by atoms with E-state index < -0.39 is 25.2 Å². The first-order valence-electron chi connectivity index (χ1n) is 10.4. The van der Waals surface area contributed by atoms with Gasteiger partial charge in [0.1, 0.15) is 0 Å². The quantitative estimate of drug-likeness (QED) is 0.111. The van der Waals surface area contributed by atoms with Crippen LogP contribution in [0.5, 0.6) is 0 Å². The largest absolute Gasteiger partial charge is 0.462 e. The maximum Gasteiger partial charge on any atom is 0.333 e. The van der Waals surface area contributed by atoms with Gasteiger partial charge in [0.25, 0.3) is 0 Å². The molecular weight excluding hydrogens is 441 g/mol. The number of ketones is 1. The number of rotatable bonds is 14. The average Bonchev–Trinajstić information content (AvgIpc) is 2.53. The smallest absolute Gasteiger partial charge is 0.333 e. The van der Waals surface area contributed by atoms with Gasteiger partial charge >= 0.3 is 14.5 Å². The van der Waals surface area contributed by atoms with Gasteiger partial charge in [0.2, 0.25) is 0 Å². The second-order valence-corrected chi connectivity index (χ2v) is 22.3. The van der Waals surface area contributed by atoms with Crippen LogP contribution in [0.25, 0.3) is 0 Å². The Morgan fingerprint density at radius 1 is 0.903 bits per heavy atom. The van der Waals surface area contributed by atoms with Crippen molar-refractivity contribution in [2.45, 2.75) is 106 Å². The van der Waals surface area contributed by atoms with Crippen LogP contribution in [-0.2, 0) is 22.6 Å². The summed E-state index contributed by atoms with van der Waals surface area (Å²) in [6, 6.07) is 0.904. The van der Waals surface area contributed by atoms with E-state index in [1.807, 2.05) is 0 Å². The first-order valence-corrected chi connectivity index (χ1v) is 19.3. The molecule has 0 N–H and O–H groups in total. The SMILES string of the molecule is C.C.C=C(C)C(=O)CCC(C)[Si](C)(C)O[Si](C)(C)O[Si](C)(C)CCCOC(=O)C(=C)C. The number of allylic oxidation sites excluding steroid dienone is 1. The minimum absolute atomic E-state index is 0. The number of hydrogen-bond donors (Lipinski definition) is 0. The monoisotopic (exact) mass is 490 g/mol. The fourth-order valence-electron chi connectivity index (χ4n) is 3.17. The highest BCUT2D eigenvalue weighted by atomic mass is 28.5. The third kappa shape index (κ3) is 14.8. The van der Waals surface area contributed by atoms with Gasteiger partial charge in [-0.05, 0) is 83.1 Å². The number of carbonyl (C=O) groups excluding carboxylic acids is 2. The van der Waals surface area contributed by atoms with Crippen LogP contribution in [0.3, 0.4) is 0 Å². The van der Waals surface area contributed by atoms with Crippen LogP contribution in [0.15, 0.2) is 24.3 Å². The lowest BCUT2D eigenvalue weighted by Crippen LogP contribution is -2.53. The fourth-order valence-corrected chi connectivity index (χ4v) is 17.1. The van der Waals surface area contributed by atoms with Crippen molar-refractivity contribution in [3.05, 3.63) is 24.3 Å². The van der Waals surface area contributed by atoms with Crippen LogP contribution < -0.4 is 0 Å². The van der Waals surface area contributed by atoms with Gasteiger partial charge in [-0.15, -0.1) is 0 Å². The maximum absolute atomic E-state index is 11.9. The summed E-state index contributed by atoms with van der Waals surface area (Å²) < 4.78 is 18.4. The Bertz CT molecular complexity index is 612. The van der Waals surface area contributed by atoms with E-state index in [9.17, 15) is 9.59 Å². The normalized spacial score (nSPS) is 12.8. The van der Waals surface area contributed by atoms with Gasteiger partial charge in [-0.25, -0.2) is 4.79 Å². The van der Waals surface area contributed by atoms with Gasteiger partial charge in [0.15, 0.2) is 22.4 Å². The van der Waals surface area contributed by atoms with Crippen LogP contribution in [-0.4, -0.2) is 43.6 Å². The van der Waals surface area contributed by atoms with Gasteiger partial charge in [0.05, 0.1) is 6.61 Å². The molecule has 0 heterocycles. The molecule has 1 atom stereocenters. The number of ether oxygens (including phenoxy) is 1. The van der Waals surface area contributed by atoms with Gasteiger partial charge in [-0.2, -0.15) is 0 Å². The van der Waals surface area contributed by atoms with E-state index in [0.29, 0.717) is 29.7 Å². The van der Waals surface area contributed by atoms with Gasteiger partial charge in [0, 0.05) is 12.0 Å². The van der Waals surface area contributed by atoms with Crippen molar-refractivity contribution < 1.29 is 22.6 Å². The van der Waals surface area contributed by atoms with E-state index >= 15 is 0 Å². The molecule has 0 aliphatic heterocycles. The van der Waals surface area contributed by atoms with E-state index in [1.54, 1.807) is 13.8 Å². The Labute approximate surface area is 196 Å². The van der Waals surface area contributed by atoms with E-state index in [0.717, 1.165) is 18.9 Å². The fraction of sp³-hybridized carbons (Fsp3) is 0.739. The molecule has 0 aliphatic carbocycles. The Hall–Kier alpha value is -0.809. The standard InChI is InChI=1S/C21H42O5Si3.2CH4/c1-17(2)20(22)14-13-19(5)28(8,9)26-29(10,11)25-27(6,7)16-12-15-24-21(23)18(3)4;;/h19H,1,3,12-16H2,2,4-11H3;2*1H4. The lowest BCUT2D eigenvalue weighted by Gasteiger charge is -2.41. The van der Waals surface area contributed by atoms with E-state index in [-0.39, 0.29) is 26.6 Å². The summed E-state index contributed by atoms with van der Waals surface area (Å²) in [6.45, 7) is 26.3. The Kier molecular flexibility index (Phi) is 16.1. The average molecular weight is 491 g/mol. The van der Waals surface area contributed by atoms with Crippen LogP contribution in [0.4, 0.5) is 0 Å². The van der Waals surface area contributed by atoms with Crippen molar-refractivity contribution in [3.63, 3.8) is 0 Å². The van der Waals surface area contributed by atoms with Crippen LogP contribution >= 0.6 is 0 Å². The molecule has 31 heavy (non-hydrogen) atoms. The van der Waals surface area contributed by atoms with Crippen molar-refractivity contribution in [3.8, 4) is 0 Å². The van der Waals surface area contributed by atoms with E-state index in [1.165, 1.54) is 0 Å². The zero-order valence-corrected chi connectivity index (χ0v) is 23.1. The lowest BCUT2D eigenvalue weighted by molar-refractivity contribution is -0.138. The molecule has 0 aliphatic rings. The molecule has 0 fully saturated rings. The Morgan fingerprint density at radius 3 is 1.87 bits per heavy atom. The predicted octanol–water partition coefficient (Wildman–Crippen LogP) is 7.23. The second kappa shape index (κ2) is 14.4. The summed E-state index contributed by atoms with van der Waals surface area (Å²) in [4.78, 5) is 23.4. The second-order valence-electron chi connectivity index (χ2n) is 9.63. The van der Waals surface area contributed by atoms with Crippen LogP contribution in [0.1, 0.15) is 54.9 Å². The molecule has 0 radical (unpaired) electrons. The molecule has 0 amide bonds. The highest BCUT2D eigenvalue weighted by Crippen LogP contribution is 2.32. The lowest BCUT2D eigenvalue weighted by atomic mass is 10.1. The molecular formula is C23H50O5Si3. The zero-order valence-electron chi connectivity index (χ0n) is 20.1. The third-order valence-electron chi connectivity index (χ3n) is 5.00. The Balaban J connectivity index is -0.00000392. The van der Waals surface area contributed by atoms with Gasteiger partial charge in [-0.1, -0.05) is 34.9 Å². The number of Topliss-reactive ketones (excluding diaryl/α,β-unsaturated/α-hetero) is 1. The number of hydrogen-bond acceptors (Lipinski definition) is 5. The molecule has 0 saturated carbocycles. The first-order chi connectivity index (χ1) is 13.0. The molecule has 0 aromatic heterocycles. The zero-order chi connectivity index (χ0) is 23.0. The molecule has 0 bridgehead atoms. The van der Waals surface area contributed by atoms with E-state index in [4.69, 9.17) is 13.0 Å². The third-order valence-corrected chi connectivity index (χ3v) is 17.5. The molecule has 0 spiro atoms. The highest BCUT2D eigenvalue weighted by Gasteiger charge is 2.41. The molecule has 184 valence electrons. The molecule has 0 aromatic carbocycles. The van der Waals surface area contributed by atoms with Crippen molar-refractivity contribution in [1.29, 1.82) is 0 Å². The van der Waals surface area contributed by atoms with Gasteiger partial charge in [-0.3, -0.25) is 4.79 Å². The summed E-state index contributed by atoms with van der Waals surface area (Å²) in [5.74, 6) is -0.203. The summed E-state index contributed by atoms with van der Waals surface area (Å²) >= 11 is 0. The van der Waals surface area contributed by atoms with Crippen molar-refractivity contribution >= 4 is 36.9 Å². The van der Waals surface area contributed by atoms with Crippen molar-refractivity contribution in [2.24, 2.45) is 0 Å². The summed E-state index contributed by atoms with van der Waals surface area (Å²) in [7, 11) is -6.27. The first kappa shape index (κ1) is 34.8.